The van der Waals surface area contributed by atoms with Gasteiger partial charge in [-0.3, -0.25) is 14.4 Å². The molecule has 0 aliphatic heterocycles. The predicted molar refractivity (Wildman–Crippen MR) is 141 cm³/mol. The van der Waals surface area contributed by atoms with Crippen LogP contribution in [0.5, 0.6) is 0 Å². The Morgan fingerprint density at radius 2 is 1.68 bits per heavy atom. The second-order valence-corrected chi connectivity index (χ2v) is 9.01. The molecule has 1 aromatic carbocycles. The molecule has 2 unspecified atom stereocenters. The summed E-state index contributed by atoms with van der Waals surface area (Å²) < 4.78 is 10.0. The third-order valence-electron chi connectivity index (χ3n) is 5.49. The number of ether oxygens (including phenoxy) is 2. The van der Waals surface area contributed by atoms with Gasteiger partial charge in [-0.25, -0.2) is 9.59 Å². The van der Waals surface area contributed by atoms with Gasteiger partial charge >= 0.3 is 18.1 Å². The van der Waals surface area contributed by atoms with Crippen LogP contribution in [0.4, 0.5) is 15.3 Å². The standard InChI is InChI=1S/C25H40N6O7/c1-16(2)21(27-4)23(34)30-20(7-6-12-28-24(26)35)22(33)29-19-10-8-18(9-11-19)15-38-25(36)31(5)13-14-37-17(3)32/h8-11,16,20-21,27H,6-7,12-15H2,1-5H3,(H,29,33)(H,30,34)(H3,26,28,35). The number of carbonyl (C=O) groups is 5. The number of hydrogen-bond acceptors (Lipinski definition) is 8. The van der Waals surface area contributed by atoms with Crippen molar-refractivity contribution >= 4 is 35.6 Å². The number of nitrogens with one attached hydrogen (secondary N) is 4. The minimum atomic E-state index is -0.838. The van der Waals surface area contributed by atoms with Gasteiger partial charge in [0, 0.05) is 26.2 Å². The summed E-state index contributed by atoms with van der Waals surface area (Å²) in [5.74, 6) is -1.13. The molecule has 0 radical (unpaired) electrons. The number of likely N-dealkylation sites (N-methyl/N-ethyl adjacent to an activating group) is 2. The van der Waals surface area contributed by atoms with E-state index < -0.39 is 36.1 Å². The van der Waals surface area contributed by atoms with Crippen LogP contribution in [-0.2, 0) is 30.5 Å². The maximum atomic E-state index is 13.0. The smallest absolute Gasteiger partial charge is 0.409 e. The fourth-order valence-corrected chi connectivity index (χ4v) is 3.40. The van der Waals surface area contributed by atoms with Gasteiger partial charge in [0.1, 0.15) is 19.3 Å². The molecule has 1 rings (SSSR count). The molecule has 0 spiro atoms. The lowest BCUT2D eigenvalue weighted by Crippen LogP contribution is -2.52. The molecule has 6 N–H and O–H groups in total. The van der Waals surface area contributed by atoms with Crippen molar-refractivity contribution in [1.82, 2.24) is 20.9 Å². The van der Waals surface area contributed by atoms with Crippen molar-refractivity contribution in [3.05, 3.63) is 29.8 Å². The molecule has 5 amide bonds. The lowest BCUT2D eigenvalue weighted by molar-refractivity contribution is -0.141. The Hall–Kier alpha value is -3.87. The molecule has 0 saturated carbocycles. The second-order valence-electron chi connectivity index (χ2n) is 9.01. The Kier molecular flexibility index (Phi) is 14.2. The van der Waals surface area contributed by atoms with E-state index in [1.54, 1.807) is 31.3 Å². The number of nitrogens with two attached hydrogens (primary N) is 1. The number of hydrogen-bond donors (Lipinski definition) is 5. The Balaban J connectivity index is 2.71. The van der Waals surface area contributed by atoms with Crippen LogP contribution < -0.4 is 27.0 Å². The quantitative estimate of drug-likeness (QED) is 0.162. The molecule has 13 heteroatoms. The highest BCUT2D eigenvalue weighted by Crippen LogP contribution is 2.13. The van der Waals surface area contributed by atoms with Gasteiger partial charge in [0.05, 0.1) is 12.6 Å². The normalized spacial score (nSPS) is 12.2. The molecule has 0 aromatic heterocycles. The van der Waals surface area contributed by atoms with Crippen molar-refractivity contribution in [2.24, 2.45) is 11.7 Å². The van der Waals surface area contributed by atoms with E-state index in [0.29, 0.717) is 17.7 Å². The van der Waals surface area contributed by atoms with Crippen LogP contribution in [0.1, 0.15) is 39.2 Å². The van der Waals surface area contributed by atoms with E-state index in [1.807, 2.05) is 13.8 Å². The molecule has 0 aliphatic rings. The maximum Gasteiger partial charge on any atom is 0.409 e. The first-order valence-electron chi connectivity index (χ1n) is 12.4. The van der Waals surface area contributed by atoms with Gasteiger partial charge in [-0.1, -0.05) is 26.0 Å². The largest absolute Gasteiger partial charge is 0.464 e. The number of carbonyl (C=O) groups excluding carboxylic acids is 5. The van der Waals surface area contributed by atoms with E-state index in [2.05, 4.69) is 21.3 Å². The van der Waals surface area contributed by atoms with E-state index in [1.165, 1.54) is 18.9 Å². The molecule has 2 atom stereocenters. The molecule has 0 bridgehead atoms. The molecular formula is C25H40N6O7. The van der Waals surface area contributed by atoms with Gasteiger partial charge in [-0.2, -0.15) is 0 Å². The minimum Gasteiger partial charge on any atom is -0.464 e. The Morgan fingerprint density at radius 1 is 1.03 bits per heavy atom. The first-order chi connectivity index (χ1) is 17.9. The lowest BCUT2D eigenvalue weighted by atomic mass is 10.0. The van der Waals surface area contributed by atoms with Crippen molar-refractivity contribution in [3.8, 4) is 0 Å². The number of nitrogens with zero attached hydrogens (tertiary/aromatic N) is 1. The number of rotatable bonds is 15. The lowest BCUT2D eigenvalue weighted by Gasteiger charge is -2.24. The van der Waals surface area contributed by atoms with Gasteiger partial charge in [0.2, 0.25) is 11.8 Å². The maximum absolute atomic E-state index is 13.0. The topological polar surface area (TPSA) is 181 Å². The Bertz CT molecular complexity index is 939. The monoisotopic (exact) mass is 536 g/mol. The number of primary amides is 1. The summed E-state index contributed by atoms with van der Waals surface area (Å²) in [5, 5.41) is 11.0. The zero-order chi connectivity index (χ0) is 28.7. The van der Waals surface area contributed by atoms with Crippen molar-refractivity contribution in [2.45, 2.75) is 52.3 Å². The molecule has 13 nitrogen and oxygen atoms in total. The molecule has 0 aliphatic carbocycles. The van der Waals surface area contributed by atoms with Crippen LogP contribution in [0.25, 0.3) is 0 Å². The molecule has 0 fully saturated rings. The number of benzene rings is 1. The van der Waals surface area contributed by atoms with Crippen LogP contribution >= 0.6 is 0 Å². The average molecular weight is 537 g/mol. The zero-order valence-electron chi connectivity index (χ0n) is 22.7. The predicted octanol–water partition coefficient (Wildman–Crippen LogP) is 0.934. The number of urea groups is 1. The number of amides is 5. The number of anilines is 1. The van der Waals surface area contributed by atoms with Crippen LogP contribution in [0.15, 0.2) is 24.3 Å². The molecular weight excluding hydrogens is 496 g/mol. The second kappa shape index (κ2) is 16.8. The summed E-state index contributed by atoms with van der Waals surface area (Å²) in [6.07, 6.45) is 0.137. The first-order valence-corrected chi connectivity index (χ1v) is 12.4. The molecule has 212 valence electrons. The highest BCUT2D eigenvalue weighted by Gasteiger charge is 2.26. The Labute approximate surface area is 223 Å². The van der Waals surface area contributed by atoms with E-state index in [9.17, 15) is 24.0 Å². The third kappa shape index (κ3) is 12.4. The summed E-state index contributed by atoms with van der Waals surface area (Å²) in [7, 11) is 3.21. The number of esters is 1. The minimum absolute atomic E-state index is 0.00977. The van der Waals surface area contributed by atoms with Gasteiger partial charge < -0.3 is 41.4 Å². The fraction of sp³-hybridized carbons (Fsp3) is 0.560. The molecule has 1 aromatic rings. The molecule has 0 saturated heterocycles. The van der Waals surface area contributed by atoms with E-state index >= 15 is 0 Å². The summed E-state index contributed by atoms with van der Waals surface area (Å²) in [6.45, 7) is 5.63. The summed E-state index contributed by atoms with van der Waals surface area (Å²) in [5.41, 5.74) is 6.27. The summed E-state index contributed by atoms with van der Waals surface area (Å²) in [6, 6.07) is 4.73. The van der Waals surface area contributed by atoms with Crippen molar-refractivity contribution < 1.29 is 33.4 Å². The van der Waals surface area contributed by atoms with Crippen LogP contribution in [-0.4, -0.2) is 80.7 Å². The summed E-state index contributed by atoms with van der Waals surface area (Å²) in [4.78, 5) is 60.8. The van der Waals surface area contributed by atoms with Crippen molar-refractivity contribution in [3.63, 3.8) is 0 Å². The van der Waals surface area contributed by atoms with Crippen molar-refractivity contribution in [1.29, 1.82) is 0 Å². The van der Waals surface area contributed by atoms with E-state index in [0.717, 1.165) is 0 Å². The highest BCUT2D eigenvalue weighted by atomic mass is 16.6. The van der Waals surface area contributed by atoms with Gasteiger partial charge in [0.15, 0.2) is 0 Å². The highest BCUT2D eigenvalue weighted by molar-refractivity contribution is 5.97. The van der Waals surface area contributed by atoms with Gasteiger partial charge in [0.25, 0.3) is 0 Å². The first kappa shape index (κ1) is 32.2. The van der Waals surface area contributed by atoms with Crippen molar-refractivity contribution in [2.75, 3.05) is 39.1 Å². The van der Waals surface area contributed by atoms with E-state index in [-0.39, 0.29) is 44.5 Å². The Morgan fingerprint density at radius 3 is 2.24 bits per heavy atom. The summed E-state index contributed by atoms with van der Waals surface area (Å²) >= 11 is 0. The van der Waals surface area contributed by atoms with Crippen LogP contribution in [0.2, 0.25) is 0 Å². The van der Waals surface area contributed by atoms with Gasteiger partial charge in [-0.15, -0.1) is 0 Å². The van der Waals surface area contributed by atoms with Crippen LogP contribution in [0, 0.1) is 5.92 Å². The average Bonchev–Trinajstić information content (AvgIpc) is 2.84. The molecule has 0 heterocycles. The van der Waals surface area contributed by atoms with Gasteiger partial charge in [-0.05, 0) is 43.5 Å². The molecule has 38 heavy (non-hydrogen) atoms. The fourth-order valence-electron chi connectivity index (χ4n) is 3.40. The van der Waals surface area contributed by atoms with E-state index in [4.69, 9.17) is 15.2 Å². The SMILES string of the molecule is CNC(C(=O)NC(CCCNC(N)=O)C(=O)Nc1ccc(COC(=O)N(C)CCOC(C)=O)cc1)C(C)C. The third-order valence-corrected chi connectivity index (χ3v) is 5.49. The zero-order valence-corrected chi connectivity index (χ0v) is 22.7. The van der Waals surface area contributed by atoms with Crippen LogP contribution in [0.3, 0.4) is 0 Å².